The molecule has 2 aromatic rings. The molecule has 0 radical (unpaired) electrons. The highest BCUT2D eigenvalue weighted by Crippen LogP contribution is 2.33. The van der Waals surface area contributed by atoms with E-state index in [0.717, 1.165) is 42.6 Å². The van der Waals surface area contributed by atoms with Crippen molar-refractivity contribution in [3.05, 3.63) is 71.3 Å². The van der Waals surface area contributed by atoms with Crippen LogP contribution in [0.15, 0.2) is 54.6 Å². The molecular weight excluding hydrogens is 312 g/mol. The quantitative estimate of drug-likeness (QED) is 0.863. The first-order valence-corrected chi connectivity index (χ1v) is 8.98. The van der Waals surface area contributed by atoms with Gasteiger partial charge in [-0.05, 0) is 36.5 Å². The summed E-state index contributed by atoms with van der Waals surface area (Å²) in [6, 6.07) is 16.8. The number of piperidine rings is 1. The largest absolute Gasteiger partial charge is 0.341 e. The lowest BCUT2D eigenvalue weighted by atomic mass is 10.0. The third-order valence-corrected chi connectivity index (χ3v) is 5.18. The van der Waals surface area contributed by atoms with Gasteiger partial charge in [0.25, 0.3) is 5.91 Å². The van der Waals surface area contributed by atoms with Crippen LogP contribution in [0.3, 0.4) is 0 Å². The third kappa shape index (κ3) is 2.93. The Kier molecular flexibility index (Phi) is 4.26. The van der Waals surface area contributed by atoms with E-state index in [1.165, 1.54) is 6.42 Å². The van der Waals surface area contributed by atoms with Crippen molar-refractivity contribution < 1.29 is 9.59 Å². The van der Waals surface area contributed by atoms with Gasteiger partial charge in [0.1, 0.15) is 6.04 Å². The molecule has 0 N–H and O–H groups in total. The minimum absolute atomic E-state index is 0.0465. The van der Waals surface area contributed by atoms with Crippen LogP contribution in [0.25, 0.3) is 0 Å². The number of carbonyl (C=O) groups is 2. The number of hydrogen-bond donors (Lipinski definition) is 0. The normalized spacial score (nSPS) is 18.2. The van der Waals surface area contributed by atoms with E-state index >= 15 is 0 Å². The summed E-state index contributed by atoms with van der Waals surface area (Å²) in [5.41, 5.74) is 2.61. The van der Waals surface area contributed by atoms with Crippen LogP contribution in [0.5, 0.6) is 0 Å². The van der Waals surface area contributed by atoms with Crippen molar-refractivity contribution in [2.75, 3.05) is 13.1 Å². The van der Waals surface area contributed by atoms with Gasteiger partial charge in [-0.3, -0.25) is 9.59 Å². The van der Waals surface area contributed by atoms with Gasteiger partial charge in [-0.2, -0.15) is 0 Å². The molecule has 25 heavy (non-hydrogen) atoms. The molecule has 2 amide bonds. The average molecular weight is 334 g/mol. The highest BCUT2D eigenvalue weighted by Gasteiger charge is 2.39. The molecule has 4 rings (SSSR count). The summed E-state index contributed by atoms with van der Waals surface area (Å²) in [5, 5.41) is 0. The van der Waals surface area contributed by atoms with Crippen LogP contribution in [-0.4, -0.2) is 34.7 Å². The SMILES string of the molecule is O=C([C@@H](c1ccccc1)N1Cc2ccccc2C1=O)N1CCCCC1. The minimum atomic E-state index is -0.542. The van der Waals surface area contributed by atoms with Crippen LogP contribution < -0.4 is 0 Å². The lowest BCUT2D eigenvalue weighted by molar-refractivity contribution is -0.137. The van der Waals surface area contributed by atoms with Crippen molar-refractivity contribution in [3.8, 4) is 0 Å². The summed E-state index contributed by atoms with van der Waals surface area (Å²) in [5.74, 6) is 0.00173. The van der Waals surface area contributed by atoms with E-state index in [9.17, 15) is 9.59 Å². The molecule has 0 bridgehead atoms. The highest BCUT2D eigenvalue weighted by atomic mass is 16.2. The molecule has 2 aliphatic rings. The number of rotatable bonds is 3. The number of nitrogens with zero attached hydrogens (tertiary/aromatic N) is 2. The number of hydrogen-bond acceptors (Lipinski definition) is 2. The first-order chi connectivity index (χ1) is 12.3. The van der Waals surface area contributed by atoms with E-state index in [2.05, 4.69) is 0 Å². The number of amides is 2. The molecule has 4 nitrogen and oxygen atoms in total. The molecule has 2 aromatic carbocycles. The summed E-state index contributed by atoms with van der Waals surface area (Å²) in [4.78, 5) is 29.9. The molecule has 2 aliphatic heterocycles. The van der Waals surface area contributed by atoms with Crippen molar-refractivity contribution in [1.82, 2.24) is 9.80 Å². The predicted octanol–water partition coefficient (Wildman–Crippen LogP) is 3.40. The molecule has 0 aromatic heterocycles. The zero-order valence-corrected chi connectivity index (χ0v) is 14.2. The smallest absolute Gasteiger partial charge is 0.255 e. The molecule has 0 saturated carbocycles. The molecule has 4 heteroatoms. The van der Waals surface area contributed by atoms with E-state index in [1.54, 1.807) is 4.90 Å². The van der Waals surface area contributed by atoms with E-state index in [0.29, 0.717) is 6.54 Å². The molecular formula is C21H22N2O2. The van der Waals surface area contributed by atoms with E-state index in [1.807, 2.05) is 59.5 Å². The van der Waals surface area contributed by atoms with Gasteiger partial charge in [-0.15, -0.1) is 0 Å². The lowest BCUT2D eigenvalue weighted by Crippen LogP contribution is -2.45. The third-order valence-electron chi connectivity index (χ3n) is 5.18. The van der Waals surface area contributed by atoms with E-state index in [-0.39, 0.29) is 11.8 Å². The average Bonchev–Trinajstić information content (AvgIpc) is 3.00. The van der Waals surface area contributed by atoms with Crippen molar-refractivity contribution in [3.63, 3.8) is 0 Å². The Bertz CT molecular complexity index is 781. The minimum Gasteiger partial charge on any atom is -0.341 e. The van der Waals surface area contributed by atoms with Crippen LogP contribution in [0.2, 0.25) is 0 Å². The molecule has 1 atom stereocenters. The second-order valence-electron chi connectivity index (χ2n) is 6.79. The standard InChI is InChI=1S/C21H22N2O2/c24-20-18-12-6-5-11-17(18)15-23(20)19(16-9-3-1-4-10-16)21(25)22-13-7-2-8-14-22/h1,3-6,9-12,19H,2,7-8,13-15H2/t19-/m1/s1. The van der Waals surface area contributed by atoms with Crippen LogP contribution in [-0.2, 0) is 11.3 Å². The Morgan fingerprint density at radius 1 is 0.880 bits per heavy atom. The van der Waals surface area contributed by atoms with Gasteiger partial charge in [0.2, 0.25) is 5.91 Å². The van der Waals surface area contributed by atoms with Crippen LogP contribution in [0.4, 0.5) is 0 Å². The fraction of sp³-hybridized carbons (Fsp3) is 0.333. The number of likely N-dealkylation sites (tertiary alicyclic amines) is 1. The van der Waals surface area contributed by atoms with E-state index in [4.69, 9.17) is 0 Å². The van der Waals surface area contributed by atoms with Crippen molar-refractivity contribution in [1.29, 1.82) is 0 Å². The molecule has 0 unspecified atom stereocenters. The van der Waals surface area contributed by atoms with Crippen molar-refractivity contribution in [2.45, 2.75) is 31.8 Å². The zero-order chi connectivity index (χ0) is 17.2. The Labute approximate surface area is 148 Å². The Hall–Kier alpha value is -2.62. The molecule has 128 valence electrons. The maximum Gasteiger partial charge on any atom is 0.255 e. The fourth-order valence-corrected chi connectivity index (χ4v) is 3.86. The molecule has 0 spiro atoms. The Balaban J connectivity index is 1.69. The summed E-state index contributed by atoms with van der Waals surface area (Å²) in [6.45, 7) is 2.07. The second-order valence-corrected chi connectivity index (χ2v) is 6.79. The first kappa shape index (κ1) is 15.9. The molecule has 2 heterocycles. The number of benzene rings is 2. The van der Waals surface area contributed by atoms with Gasteiger partial charge in [-0.25, -0.2) is 0 Å². The summed E-state index contributed by atoms with van der Waals surface area (Å²) < 4.78 is 0. The maximum absolute atomic E-state index is 13.3. The molecule has 1 fully saturated rings. The van der Waals surface area contributed by atoms with Crippen LogP contribution in [0, 0.1) is 0 Å². The van der Waals surface area contributed by atoms with Gasteiger partial charge in [0, 0.05) is 25.2 Å². The zero-order valence-electron chi connectivity index (χ0n) is 14.2. The van der Waals surface area contributed by atoms with Gasteiger partial charge >= 0.3 is 0 Å². The van der Waals surface area contributed by atoms with Crippen LogP contribution in [0.1, 0.15) is 46.8 Å². The van der Waals surface area contributed by atoms with Crippen molar-refractivity contribution >= 4 is 11.8 Å². The highest BCUT2D eigenvalue weighted by molar-refractivity contribution is 6.01. The summed E-state index contributed by atoms with van der Waals surface area (Å²) in [6.07, 6.45) is 3.26. The monoisotopic (exact) mass is 334 g/mol. The number of fused-ring (bicyclic) bond motifs is 1. The van der Waals surface area contributed by atoms with Crippen LogP contribution >= 0.6 is 0 Å². The van der Waals surface area contributed by atoms with Gasteiger partial charge in [0.15, 0.2) is 0 Å². The number of carbonyl (C=O) groups excluding carboxylic acids is 2. The fourth-order valence-electron chi connectivity index (χ4n) is 3.86. The van der Waals surface area contributed by atoms with Crippen molar-refractivity contribution in [2.24, 2.45) is 0 Å². The van der Waals surface area contributed by atoms with Gasteiger partial charge < -0.3 is 9.80 Å². The first-order valence-electron chi connectivity index (χ1n) is 8.98. The Morgan fingerprint density at radius 2 is 1.56 bits per heavy atom. The topological polar surface area (TPSA) is 40.6 Å². The second kappa shape index (κ2) is 6.71. The van der Waals surface area contributed by atoms with Gasteiger partial charge in [0.05, 0.1) is 0 Å². The predicted molar refractivity (Wildman–Crippen MR) is 95.9 cm³/mol. The Morgan fingerprint density at radius 3 is 2.28 bits per heavy atom. The van der Waals surface area contributed by atoms with Gasteiger partial charge in [-0.1, -0.05) is 48.5 Å². The lowest BCUT2D eigenvalue weighted by Gasteiger charge is -2.34. The molecule has 1 saturated heterocycles. The summed E-state index contributed by atoms with van der Waals surface area (Å²) in [7, 11) is 0. The van der Waals surface area contributed by atoms with E-state index < -0.39 is 6.04 Å². The molecule has 0 aliphatic carbocycles. The maximum atomic E-state index is 13.3. The summed E-state index contributed by atoms with van der Waals surface area (Å²) >= 11 is 0.